The van der Waals surface area contributed by atoms with Crippen LogP contribution in [0.3, 0.4) is 0 Å². The minimum Gasteiger partial charge on any atom is -0.491 e. The molecule has 5 heteroatoms. The van der Waals surface area contributed by atoms with Crippen LogP contribution < -0.4 is 4.74 Å². The van der Waals surface area contributed by atoms with Gasteiger partial charge in [-0.05, 0) is 51.5 Å². The molecule has 1 aromatic rings. The molecule has 0 saturated carbocycles. The average Bonchev–Trinajstić information content (AvgIpc) is 2.45. The van der Waals surface area contributed by atoms with Crippen LogP contribution in [0.1, 0.15) is 33.3 Å². The zero-order valence-electron chi connectivity index (χ0n) is 13.4. The number of benzene rings is 1. The fraction of sp³-hybridized carbons (Fsp3) is 0.412. The summed E-state index contributed by atoms with van der Waals surface area (Å²) in [7, 11) is 0. The van der Waals surface area contributed by atoms with Crippen molar-refractivity contribution >= 4 is 18.0 Å². The van der Waals surface area contributed by atoms with Crippen molar-refractivity contribution in [3.8, 4) is 5.75 Å². The van der Waals surface area contributed by atoms with Crippen LogP contribution >= 0.6 is 0 Å². The van der Waals surface area contributed by atoms with Crippen LogP contribution in [0.5, 0.6) is 5.75 Å². The summed E-state index contributed by atoms with van der Waals surface area (Å²) in [5.41, 5.74) is 0.527. The third-order valence-corrected chi connectivity index (χ3v) is 2.53. The lowest BCUT2D eigenvalue weighted by Crippen LogP contribution is -2.18. The molecular formula is C17H22O5. The van der Waals surface area contributed by atoms with E-state index in [1.165, 1.54) is 6.08 Å². The fourth-order valence-electron chi connectivity index (χ4n) is 1.74. The van der Waals surface area contributed by atoms with E-state index in [1.54, 1.807) is 32.0 Å². The first-order valence-electron chi connectivity index (χ1n) is 7.30. The molecule has 0 heterocycles. The van der Waals surface area contributed by atoms with Crippen LogP contribution in [-0.2, 0) is 19.1 Å². The Balaban J connectivity index is 3.09. The molecule has 0 aliphatic carbocycles. The second kappa shape index (κ2) is 8.87. The first-order valence-corrected chi connectivity index (χ1v) is 7.30. The van der Waals surface area contributed by atoms with Gasteiger partial charge in [-0.1, -0.05) is 12.1 Å². The van der Waals surface area contributed by atoms with Gasteiger partial charge >= 0.3 is 11.9 Å². The zero-order valence-corrected chi connectivity index (χ0v) is 13.4. The van der Waals surface area contributed by atoms with E-state index in [4.69, 9.17) is 14.2 Å². The third-order valence-electron chi connectivity index (χ3n) is 2.53. The van der Waals surface area contributed by atoms with E-state index in [0.29, 0.717) is 11.3 Å². The van der Waals surface area contributed by atoms with Crippen molar-refractivity contribution in [2.75, 3.05) is 13.2 Å². The number of carbonyl (C=O) groups is 2. The Kier molecular flexibility index (Phi) is 7.16. The highest BCUT2D eigenvalue weighted by Crippen LogP contribution is 2.18. The van der Waals surface area contributed by atoms with Gasteiger partial charge in [0.2, 0.25) is 0 Å². The second-order valence-corrected chi connectivity index (χ2v) is 4.74. The van der Waals surface area contributed by atoms with Crippen molar-refractivity contribution in [2.24, 2.45) is 0 Å². The van der Waals surface area contributed by atoms with E-state index >= 15 is 0 Å². The molecule has 0 aliphatic heterocycles. The van der Waals surface area contributed by atoms with Crippen LogP contribution in [0.15, 0.2) is 29.8 Å². The maximum Gasteiger partial charge on any atom is 0.345 e. The van der Waals surface area contributed by atoms with Crippen molar-refractivity contribution in [2.45, 2.75) is 33.8 Å². The van der Waals surface area contributed by atoms with E-state index in [2.05, 4.69) is 0 Å². The molecule has 0 N–H and O–H groups in total. The highest BCUT2D eigenvalue weighted by atomic mass is 16.6. The zero-order chi connectivity index (χ0) is 16.5. The highest BCUT2D eigenvalue weighted by molar-refractivity contribution is 6.17. The van der Waals surface area contributed by atoms with E-state index in [9.17, 15) is 9.59 Å². The standard InChI is InChI=1S/C17H22O5/c1-5-20-16(18)15(17(19)21-6-2)11-13-8-7-9-14(10-13)22-12(3)4/h7-12H,5-6H2,1-4H3. The molecule has 0 fully saturated rings. The molecule has 0 saturated heterocycles. The molecule has 0 atom stereocenters. The lowest BCUT2D eigenvalue weighted by molar-refractivity contribution is -0.146. The Hall–Kier alpha value is -2.30. The van der Waals surface area contributed by atoms with Crippen LogP contribution in [0, 0.1) is 0 Å². The molecule has 0 amide bonds. The monoisotopic (exact) mass is 306 g/mol. The quantitative estimate of drug-likeness (QED) is 0.335. The number of esters is 2. The minimum atomic E-state index is -0.698. The molecule has 120 valence electrons. The number of ether oxygens (including phenoxy) is 3. The van der Waals surface area contributed by atoms with E-state index in [-0.39, 0.29) is 24.9 Å². The molecule has 0 spiro atoms. The molecule has 0 unspecified atom stereocenters. The molecule has 0 aromatic heterocycles. The predicted octanol–water partition coefficient (Wildman–Crippen LogP) is 2.98. The Bertz CT molecular complexity index is 526. The molecule has 0 radical (unpaired) electrons. The minimum absolute atomic E-state index is 0.0359. The van der Waals surface area contributed by atoms with Gasteiger partial charge in [0.1, 0.15) is 11.3 Å². The summed E-state index contributed by atoms with van der Waals surface area (Å²) in [6.45, 7) is 7.57. The van der Waals surface area contributed by atoms with Crippen molar-refractivity contribution in [1.29, 1.82) is 0 Å². The number of hydrogen-bond donors (Lipinski definition) is 0. The van der Waals surface area contributed by atoms with Crippen molar-refractivity contribution in [1.82, 2.24) is 0 Å². The van der Waals surface area contributed by atoms with Crippen molar-refractivity contribution < 1.29 is 23.8 Å². The van der Waals surface area contributed by atoms with Crippen LogP contribution in [0.4, 0.5) is 0 Å². The second-order valence-electron chi connectivity index (χ2n) is 4.74. The number of carbonyl (C=O) groups excluding carboxylic acids is 2. The lowest BCUT2D eigenvalue weighted by Gasteiger charge is -2.10. The summed E-state index contributed by atoms with van der Waals surface area (Å²) >= 11 is 0. The fourth-order valence-corrected chi connectivity index (χ4v) is 1.74. The summed E-state index contributed by atoms with van der Waals surface area (Å²) in [4.78, 5) is 23.8. The van der Waals surface area contributed by atoms with Gasteiger partial charge in [-0.15, -0.1) is 0 Å². The van der Waals surface area contributed by atoms with Crippen molar-refractivity contribution in [3.05, 3.63) is 35.4 Å². The maximum atomic E-state index is 11.9. The van der Waals surface area contributed by atoms with Gasteiger partial charge in [-0.2, -0.15) is 0 Å². The van der Waals surface area contributed by atoms with Crippen molar-refractivity contribution in [3.63, 3.8) is 0 Å². The van der Waals surface area contributed by atoms with Crippen LogP contribution in [0.25, 0.3) is 6.08 Å². The Morgan fingerprint density at radius 3 is 2.18 bits per heavy atom. The largest absolute Gasteiger partial charge is 0.491 e. The SMILES string of the molecule is CCOC(=O)C(=Cc1cccc(OC(C)C)c1)C(=O)OCC. The Labute approximate surface area is 130 Å². The van der Waals surface area contributed by atoms with Gasteiger partial charge < -0.3 is 14.2 Å². The Morgan fingerprint density at radius 2 is 1.68 bits per heavy atom. The molecule has 0 aliphatic rings. The Morgan fingerprint density at radius 1 is 1.09 bits per heavy atom. The van der Waals surface area contributed by atoms with Crippen LogP contribution in [-0.4, -0.2) is 31.3 Å². The van der Waals surface area contributed by atoms with Gasteiger partial charge in [0.25, 0.3) is 0 Å². The smallest absolute Gasteiger partial charge is 0.345 e. The summed E-state index contributed by atoms with van der Waals surface area (Å²) in [5, 5.41) is 0. The summed E-state index contributed by atoms with van der Waals surface area (Å²) in [6.07, 6.45) is 1.48. The number of rotatable bonds is 7. The molecule has 1 aromatic carbocycles. The topological polar surface area (TPSA) is 61.8 Å². The predicted molar refractivity (Wildman–Crippen MR) is 83.4 cm³/mol. The van der Waals surface area contributed by atoms with Crippen LogP contribution in [0.2, 0.25) is 0 Å². The molecular weight excluding hydrogens is 284 g/mol. The molecule has 5 nitrogen and oxygen atoms in total. The van der Waals surface area contributed by atoms with Gasteiger partial charge in [0.05, 0.1) is 19.3 Å². The molecule has 22 heavy (non-hydrogen) atoms. The summed E-state index contributed by atoms with van der Waals surface area (Å²) in [5.74, 6) is -0.733. The van der Waals surface area contributed by atoms with Gasteiger partial charge in [0.15, 0.2) is 0 Å². The first kappa shape index (κ1) is 17.8. The van der Waals surface area contributed by atoms with Gasteiger partial charge in [0, 0.05) is 0 Å². The number of hydrogen-bond acceptors (Lipinski definition) is 5. The lowest BCUT2D eigenvalue weighted by atomic mass is 10.1. The van der Waals surface area contributed by atoms with E-state index in [0.717, 1.165) is 0 Å². The molecule has 0 bridgehead atoms. The maximum absolute atomic E-state index is 11.9. The van der Waals surface area contributed by atoms with Gasteiger partial charge in [-0.25, -0.2) is 9.59 Å². The van der Waals surface area contributed by atoms with E-state index < -0.39 is 11.9 Å². The summed E-state index contributed by atoms with van der Waals surface area (Å²) in [6, 6.07) is 7.12. The first-order chi connectivity index (χ1) is 10.5. The third kappa shape index (κ3) is 5.60. The summed E-state index contributed by atoms with van der Waals surface area (Å²) < 4.78 is 15.4. The average molecular weight is 306 g/mol. The normalized spacial score (nSPS) is 10.0. The molecule has 1 rings (SSSR count). The van der Waals surface area contributed by atoms with Gasteiger partial charge in [-0.3, -0.25) is 0 Å². The highest BCUT2D eigenvalue weighted by Gasteiger charge is 2.21. The van der Waals surface area contributed by atoms with E-state index in [1.807, 2.05) is 19.9 Å².